The molecule has 0 aliphatic heterocycles. The monoisotopic (exact) mass is 522 g/mol. The lowest BCUT2D eigenvalue weighted by Crippen LogP contribution is -2.48. The van der Waals surface area contributed by atoms with Gasteiger partial charge in [0.1, 0.15) is 0 Å². The molecule has 0 spiro atoms. The molecule has 0 fully saturated rings. The molecule has 0 bridgehead atoms. The lowest BCUT2D eigenvalue weighted by Gasteiger charge is -2.32. The van der Waals surface area contributed by atoms with Gasteiger partial charge in [0.05, 0.1) is 17.7 Å². The van der Waals surface area contributed by atoms with Gasteiger partial charge in [-0.1, -0.05) is 17.7 Å². The molecule has 1 amide bonds. The number of aliphatic hydroxyl groups is 1. The number of anilines is 1. The minimum Gasteiger partial charge on any atom is -0.381 e. The summed E-state index contributed by atoms with van der Waals surface area (Å²) >= 11 is 5.99. The topological polar surface area (TPSA) is 61.4 Å². The Hall–Kier alpha value is -2.67. The molecule has 4 nitrogen and oxygen atoms in total. The molecular weight excluding hydrogens is 507 g/mol. The van der Waals surface area contributed by atoms with Gasteiger partial charge in [-0.25, -0.2) is 0 Å². The van der Waals surface area contributed by atoms with Crippen molar-refractivity contribution in [1.82, 2.24) is 5.32 Å². The highest BCUT2D eigenvalue weighted by Crippen LogP contribution is 2.44. The standard InChI is InChI=1S/C20H16ClF9N2O2/c1-10(33)31-8-11-2-3-15(7-16(11)21)32-9-17(34,20(28,29)30)12-4-13(18(22,23)24)6-14(5-12)19(25,26)27/h2-7,32,34H,8-9H2,1H3,(H,31,33)/t17-/m0/s1. The van der Waals surface area contributed by atoms with Gasteiger partial charge in [0.2, 0.25) is 11.5 Å². The number of rotatable bonds is 6. The fraction of sp³-hybridized carbons (Fsp3) is 0.350. The SMILES string of the molecule is CC(=O)NCc1ccc(NC[C@](O)(c2cc(C(F)(F)F)cc(C(F)(F)F)c2)C(F)(F)F)cc1Cl. The molecule has 0 heterocycles. The summed E-state index contributed by atoms with van der Waals surface area (Å²) in [6.45, 7) is -0.304. The Morgan fingerprint density at radius 3 is 1.79 bits per heavy atom. The first-order valence-electron chi connectivity index (χ1n) is 9.20. The minimum absolute atomic E-state index is 0.00674. The van der Waals surface area contributed by atoms with E-state index in [4.69, 9.17) is 11.6 Å². The van der Waals surface area contributed by atoms with E-state index in [-0.39, 0.29) is 41.4 Å². The Bertz CT molecular complexity index is 1020. The van der Waals surface area contributed by atoms with Gasteiger partial charge in [-0.2, -0.15) is 39.5 Å². The van der Waals surface area contributed by atoms with Crippen LogP contribution in [0.4, 0.5) is 45.2 Å². The molecule has 14 heteroatoms. The lowest BCUT2D eigenvalue weighted by molar-refractivity contribution is -0.261. The Morgan fingerprint density at radius 2 is 1.38 bits per heavy atom. The maximum absolute atomic E-state index is 13.7. The van der Waals surface area contributed by atoms with Crippen molar-refractivity contribution in [3.05, 3.63) is 63.7 Å². The van der Waals surface area contributed by atoms with Gasteiger partial charge in [0, 0.05) is 24.2 Å². The largest absolute Gasteiger partial charge is 0.423 e. The molecule has 3 N–H and O–H groups in total. The second-order valence-corrected chi connectivity index (χ2v) is 7.63. The third-order valence-corrected chi connectivity index (χ3v) is 5.02. The van der Waals surface area contributed by atoms with E-state index >= 15 is 0 Å². The van der Waals surface area contributed by atoms with E-state index in [0.29, 0.717) is 5.56 Å². The molecule has 0 radical (unpaired) electrons. The summed E-state index contributed by atoms with van der Waals surface area (Å²) in [5.74, 6) is -0.382. The average molecular weight is 523 g/mol. The predicted octanol–water partition coefficient (Wildman–Crippen LogP) is 5.88. The summed E-state index contributed by atoms with van der Waals surface area (Å²) in [5, 5.41) is 14.9. The van der Waals surface area contributed by atoms with Crippen LogP contribution < -0.4 is 10.6 Å². The number of hydrogen-bond donors (Lipinski definition) is 3. The van der Waals surface area contributed by atoms with Crippen LogP contribution in [0.25, 0.3) is 0 Å². The Kier molecular flexibility index (Phi) is 7.73. The van der Waals surface area contributed by atoms with Crippen LogP contribution in [0.2, 0.25) is 5.02 Å². The summed E-state index contributed by atoms with van der Waals surface area (Å²) in [6.07, 6.45) is -16.5. The second kappa shape index (κ2) is 9.53. The first kappa shape index (κ1) is 27.6. The fourth-order valence-electron chi connectivity index (χ4n) is 2.81. The third-order valence-electron chi connectivity index (χ3n) is 4.66. The molecule has 0 aliphatic rings. The van der Waals surface area contributed by atoms with Gasteiger partial charge in [-0.3, -0.25) is 4.79 Å². The van der Waals surface area contributed by atoms with Crippen molar-refractivity contribution in [3.8, 4) is 0 Å². The smallest absolute Gasteiger partial charge is 0.381 e. The van der Waals surface area contributed by atoms with E-state index < -0.39 is 47.4 Å². The van der Waals surface area contributed by atoms with E-state index in [1.54, 1.807) is 0 Å². The molecule has 0 saturated heterocycles. The van der Waals surface area contributed by atoms with Gasteiger partial charge >= 0.3 is 18.5 Å². The van der Waals surface area contributed by atoms with Crippen LogP contribution >= 0.6 is 11.6 Å². The van der Waals surface area contributed by atoms with Gasteiger partial charge in [0.15, 0.2) is 0 Å². The molecule has 0 aliphatic carbocycles. The Balaban J connectivity index is 2.46. The van der Waals surface area contributed by atoms with Crippen LogP contribution in [0.5, 0.6) is 0 Å². The maximum atomic E-state index is 13.7. The van der Waals surface area contributed by atoms with Crippen LogP contribution in [0.3, 0.4) is 0 Å². The van der Waals surface area contributed by atoms with Crippen molar-refractivity contribution in [2.75, 3.05) is 11.9 Å². The Labute approximate surface area is 191 Å². The molecule has 188 valence electrons. The Morgan fingerprint density at radius 1 is 0.882 bits per heavy atom. The molecule has 2 aromatic rings. The number of amides is 1. The van der Waals surface area contributed by atoms with E-state index in [0.717, 1.165) is 6.07 Å². The minimum atomic E-state index is -5.66. The van der Waals surface area contributed by atoms with Crippen molar-refractivity contribution < 1.29 is 49.4 Å². The van der Waals surface area contributed by atoms with Crippen LogP contribution in [0, 0.1) is 0 Å². The predicted molar refractivity (Wildman–Crippen MR) is 104 cm³/mol. The van der Waals surface area contributed by atoms with Gasteiger partial charge < -0.3 is 15.7 Å². The highest BCUT2D eigenvalue weighted by molar-refractivity contribution is 6.31. The van der Waals surface area contributed by atoms with Gasteiger partial charge in [-0.05, 0) is 41.5 Å². The highest BCUT2D eigenvalue weighted by Gasteiger charge is 2.56. The van der Waals surface area contributed by atoms with Gasteiger partial charge in [0.25, 0.3) is 0 Å². The molecule has 2 aromatic carbocycles. The van der Waals surface area contributed by atoms with Crippen molar-refractivity contribution >= 4 is 23.2 Å². The van der Waals surface area contributed by atoms with Gasteiger partial charge in [-0.15, -0.1) is 0 Å². The molecule has 0 unspecified atom stereocenters. The van der Waals surface area contributed by atoms with E-state index in [9.17, 15) is 49.4 Å². The highest BCUT2D eigenvalue weighted by atomic mass is 35.5. The first-order chi connectivity index (χ1) is 15.3. The normalized spacial score (nSPS) is 14.5. The first-order valence-corrected chi connectivity index (χ1v) is 9.58. The maximum Gasteiger partial charge on any atom is 0.423 e. The van der Waals surface area contributed by atoms with Crippen LogP contribution in [-0.2, 0) is 29.3 Å². The van der Waals surface area contributed by atoms with Crippen LogP contribution in [-0.4, -0.2) is 23.7 Å². The summed E-state index contributed by atoms with van der Waals surface area (Å²) in [5.41, 5.74) is -9.54. The molecule has 1 atom stereocenters. The number of carbonyl (C=O) groups is 1. The molecule has 2 rings (SSSR count). The molecular formula is C20H16ClF9N2O2. The quantitative estimate of drug-likeness (QED) is 0.416. The number of nitrogens with one attached hydrogen (secondary N) is 2. The summed E-state index contributed by atoms with van der Waals surface area (Å²) in [6, 6.07) is 2.91. The van der Waals surface area contributed by atoms with Crippen LogP contribution in [0.15, 0.2) is 36.4 Å². The number of halogens is 10. The molecule has 0 aromatic heterocycles. The average Bonchev–Trinajstić information content (AvgIpc) is 2.68. The zero-order valence-electron chi connectivity index (χ0n) is 17.0. The van der Waals surface area contributed by atoms with Crippen LogP contribution in [0.1, 0.15) is 29.2 Å². The van der Waals surface area contributed by atoms with Crippen molar-refractivity contribution in [2.24, 2.45) is 0 Å². The van der Waals surface area contributed by atoms with Crippen molar-refractivity contribution in [3.63, 3.8) is 0 Å². The molecule has 0 saturated carbocycles. The summed E-state index contributed by atoms with van der Waals surface area (Å²) in [4.78, 5) is 11.0. The van der Waals surface area contributed by atoms with E-state index in [1.807, 2.05) is 0 Å². The lowest BCUT2D eigenvalue weighted by atomic mass is 9.89. The van der Waals surface area contributed by atoms with E-state index in [2.05, 4.69) is 10.6 Å². The summed E-state index contributed by atoms with van der Waals surface area (Å²) in [7, 11) is 0. The fourth-order valence-corrected chi connectivity index (χ4v) is 3.06. The number of hydrogen-bond acceptors (Lipinski definition) is 3. The summed E-state index contributed by atoms with van der Waals surface area (Å²) < 4.78 is 120. The number of alkyl halides is 9. The number of benzene rings is 2. The second-order valence-electron chi connectivity index (χ2n) is 7.22. The zero-order chi connectivity index (χ0) is 26.1. The third kappa shape index (κ3) is 6.47. The zero-order valence-corrected chi connectivity index (χ0v) is 17.8. The van der Waals surface area contributed by atoms with E-state index in [1.165, 1.54) is 19.1 Å². The number of carbonyl (C=O) groups excluding carboxylic acids is 1. The van der Waals surface area contributed by atoms with Crippen molar-refractivity contribution in [2.45, 2.75) is 37.6 Å². The molecule has 34 heavy (non-hydrogen) atoms. The van der Waals surface area contributed by atoms with Crippen molar-refractivity contribution in [1.29, 1.82) is 0 Å².